The summed E-state index contributed by atoms with van der Waals surface area (Å²) in [6.07, 6.45) is 0.775. The molecule has 9 heteroatoms. The number of amidine groups is 1. The van der Waals surface area contributed by atoms with Gasteiger partial charge in [-0.1, -0.05) is 12.1 Å². The summed E-state index contributed by atoms with van der Waals surface area (Å²) < 4.78 is 15.8. The van der Waals surface area contributed by atoms with Crippen molar-refractivity contribution in [1.29, 1.82) is 0 Å². The van der Waals surface area contributed by atoms with Crippen molar-refractivity contribution in [1.82, 2.24) is 5.32 Å². The van der Waals surface area contributed by atoms with Gasteiger partial charge in [-0.25, -0.2) is 9.79 Å². The molecule has 1 heterocycles. The molecule has 156 valence electrons. The molecule has 1 fully saturated rings. The molecular formula is C21H20N2O6S. The zero-order chi connectivity index (χ0) is 21.7. The Labute approximate surface area is 177 Å². The average Bonchev–Trinajstić information content (AvgIpc) is 3.08. The standard InChI is InChI=1S/C21H20N2O6S/c1-12(20(25)26)29-14-6-4-13(5-7-14)10-18-19(24)23-21(30-18)22-16-9-8-15(27-2)11-17(16)28-3/h4-12H,1-3H3,(H,25,26)(H,22,23,24)/b18-10+. The molecule has 1 atom stereocenters. The molecule has 2 aromatic rings. The number of hydrogen-bond acceptors (Lipinski definition) is 7. The number of aliphatic imine (C=N–C) groups is 1. The average molecular weight is 428 g/mol. The van der Waals surface area contributed by atoms with E-state index in [0.29, 0.717) is 33.0 Å². The fraction of sp³-hybridized carbons (Fsp3) is 0.190. The number of carbonyl (C=O) groups excluding carboxylic acids is 1. The number of carbonyl (C=O) groups is 2. The van der Waals surface area contributed by atoms with Gasteiger partial charge in [0, 0.05) is 6.07 Å². The molecular weight excluding hydrogens is 408 g/mol. The maximum atomic E-state index is 12.3. The SMILES string of the molecule is COc1ccc(N=C2NC(=O)/C(=C\c3ccc(OC(C)C(=O)O)cc3)S2)c(OC)c1. The highest BCUT2D eigenvalue weighted by Crippen LogP contribution is 2.34. The number of ether oxygens (including phenoxy) is 3. The van der Waals surface area contributed by atoms with Crippen LogP contribution in [0.25, 0.3) is 6.08 Å². The molecule has 0 bridgehead atoms. The number of thioether (sulfide) groups is 1. The minimum absolute atomic E-state index is 0.258. The third-order valence-corrected chi connectivity index (χ3v) is 5.01. The summed E-state index contributed by atoms with van der Waals surface area (Å²) in [5.41, 5.74) is 1.34. The highest BCUT2D eigenvalue weighted by atomic mass is 32.2. The molecule has 0 radical (unpaired) electrons. The van der Waals surface area contributed by atoms with Crippen molar-refractivity contribution in [2.24, 2.45) is 4.99 Å². The number of nitrogens with one attached hydrogen (secondary N) is 1. The molecule has 1 aliphatic rings. The summed E-state index contributed by atoms with van der Waals surface area (Å²) in [4.78, 5) is 28.1. The molecule has 0 aliphatic carbocycles. The van der Waals surface area contributed by atoms with Crippen LogP contribution in [0.3, 0.4) is 0 Å². The number of carboxylic acid groups (broad SMARTS) is 1. The first-order chi connectivity index (χ1) is 14.4. The van der Waals surface area contributed by atoms with Crippen LogP contribution in [0.5, 0.6) is 17.2 Å². The lowest BCUT2D eigenvalue weighted by Gasteiger charge is -2.10. The lowest BCUT2D eigenvalue weighted by molar-refractivity contribution is -0.144. The van der Waals surface area contributed by atoms with E-state index < -0.39 is 12.1 Å². The molecule has 0 aromatic heterocycles. The largest absolute Gasteiger partial charge is 0.497 e. The van der Waals surface area contributed by atoms with Crippen LogP contribution >= 0.6 is 11.8 Å². The normalized spacial score (nSPS) is 17.0. The van der Waals surface area contributed by atoms with Gasteiger partial charge in [-0.3, -0.25) is 4.79 Å². The molecule has 1 unspecified atom stereocenters. The van der Waals surface area contributed by atoms with Gasteiger partial charge >= 0.3 is 5.97 Å². The number of methoxy groups -OCH3 is 2. The smallest absolute Gasteiger partial charge is 0.344 e. The van der Waals surface area contributed by atoms with Crippen molar-refractivity contribution in [3.8, 4) is 17.2 Å². The van der Waals surface area contributed by atoms with Gasteiger partial charge in [0.15, 0.2) is 11.3 Å². The summed E-state index contributed by atoms with van der Waals surface area (Å²) in [7, 11) is 3.10. The number of carboxylic acids is 1. The van der Waals surface area contributed by atoms with Crippen LogP contribution in [-0.2, 0) is 9.59 Å². The zero-order valence-electron chi connectivity index (χ0n) is 16.5. The van der Waals surface area contributed by atoms with E-state index in [9.17, 15) is 9.59 Å². The predicted octanol–water partition coefficient (Wildman–Crippen LogP) is 3.45. The maximum absolute atomic E-state index is 12.3. The van der Waals surface area contributed by atoms with E-state index in [-0.39, 0.29) is 5.91 Å². The summed E-state index contributed by atoms with van der Waals surface area (Å²) in [5.74, 6) is 0.306. The molecule has 30 heavy (non-hydrogen) atoms. The monoisotopic (exact) mass is 428 g/mol. The van der Waals surface area contributed by atoms with E-state index in [1.807, 2.05) is 0 Å². The Morgan fingerprint density at radius 2 is 1.83 bits per heavy atom. The van der Waals surface area contributed by atoms with E-state index in [1.165, 1.54) is 25.8 Å². The number of benzene rings is 2. The first kappa shape index (κ1) is 21.3. The Hall–Kier alpha value is -3.46. The number of rotatable bonds is 7. The molecule has 1 amide bonds. The van der Waals surface area contributed by atoms with Gasteiger partial charge in [0.2, 0.25) is 0 Å². The van der Waals surface area contributed by atoms with E-state index in [2.05, 4.69) is 10.3 Å². The molecule has 0 saturated carbocycles. The Morgan fingerprint density at radius 3 is 2.47 bits per heavy atom. The lowest BCUT2D eigenvalue weighted by atomic mass is 10.2. The van der Waals surface area contributed by atoms with E-state index in [4.69, 9.17) is 19.3 Å². The second kappa shape index (κ2) is 9.36. The van der Waals surface area contributed by atoms with Gasteiger partial charge < -0.3 is 24.6 Å². The zero-order valence-corrected chi connectivity index (χ0v) is 17.4. The summed E-state index contributed by atoms with van der Waals surface area (Å²) in [5, 5.41) is 12.1. The summed E-state index contributed by atoms with van der Waals surface area (Å²) in [6.45, 7) is 1.45. The van der Waals surface area contributed by atoms with Crippen LogP contribution in [0.2, 0.25) is 0 Å². The maximum Gasteiger partial charge on any atom is 0.344 e. The van der Waals surface area contributed by atoms with Crippen molar-refractivity contribution in [2.45, 2.75) is 13.0 Å². The topological polar surface area (TPSA) is 106 Å². The van der Waals surface area contributed by atoms with Crippen LogP contribution in [0, 0.1) is 0 Å². The van der Waals surface area contributed by atoms with Crippen LogP contribution in [0.1, 0.15) is 12.5 Å². The van der Waals surface area contributed by atoms with Crippen LogP contribution in [0.15, 0.2) is 52.4 Å². The van der Waals surface area contributed by atoms with Crippen molar-refractivity contribution in [3.05, 3.63) is 52.9 Å². The van der Waals surface area contributed by atoms with Gasteiger partial charge in [0.05, 0.1) is 19.1 Å². The first-order valence-electron chi connectivity index (χ1n) is 8.90. The fourth-order valence-corrected chi connectivity index (χ4v) is 3.35. The third-order valence-electron chi connectivity index (χ3n) is 4.10. The summed E-state index contributed by atoms with van der Waals surface area (Å²) in [6, 6.07) is 12.0. The Bertz CT molecular complexity index is 1020. The predicted molar refractivity (Wildman–Crippen MR) is 115 cm³/mol. The minimum atomic E-state index is -1.04. The quantitative estimate of drug-likeness (QED) is 0.651. The number of amides is 1. The van der Waals surface area contributed by atoms with Gasteiger partial charge in [-0.15, -0.1) is 0 Å². The van der Waals surface area contributed by atoms with Crippen LogP contribution in [0.4, 0.5) is 5.69 Å². The third kappa shape index (κ3) is 5.12. The van der Waals surface area contributed by atoms with Crippen molar-refractivity contribution >= 4 is 40.6 Å². The van der Waals surface area contributed by atoms with Crippen molar-refractivity contribution in [3.63, 3.8) is 0 Å². The first-order valence-corrected chi connectivity index (χ1v) is 9.72. The molecule has 3 rings (SSSR count). The van der Waals surface area contributed by atoms with Gasteiger partial charge in [0.25, 0.3) is 5.91 Å². The number of aliphatic carboxylic acids is 1. The van der Waals surface area contributed by atoms with Crippen LogP contribution < -0.4 is 19.5 Å². The van der Waals surface area contributed by atoms with Gasteiger partial charge in [-0.05, 0) is 54.6 Å². The van der Waals surface area contributed by atoms with E-state index in [1.54, 1.807) is 55.7 Å². The number of hydrogen-bond donors (Lipinski definition) is 2. The second-order valence-electron chi connectivity index (χ2n) is 6.19. The van der Waals surface area contributed by atoms with Gasteiger partial charge in [-0.2, -0.15) is 0 Å². The molecule has 8 nitrogen and oxygen atoms in total. The number of nitrogens with zero attached hydrogens (tertiary/aromatic N) is 1. The second-order valence-corrected chi connectivity index (χ2v) is 7.22. The highest BCUT2D eigenvalue weighted by molar-refractivity contribution is 8.18. The lowest BCUT2D eigenvalue weighted by Crippen LogP contribution is -2.22. The molecule has 1 aliphatic heterocycles. The molecule has 2 N–H and O–H groups in total. The highest BCUT2D eigenvalue weighted by Gasteiger charge is 2.24. The van der Waals surface area contributed by atoms with Crippen LogP contribution in [-0.4, -0.2) is 42.5 Å². The van der Waals surface area contributed by atoms with Crippen molar-refractivity contribution < 1.29 is 28.9 Å². The Morgan fingerprint density at radius 1 is 1.13 bits per heavy atom. The molecule has 2 aromatic carbocycles. The Balaban J connectivity index is 1.75. The van der Waals surface area contributed by atoms with Gasteiger partial charge in [0.1, 0.15) is 22.9 Å². The van der Waals surface area contributed by atoms with E-state index in [0.717, 1.165) is 5.56 Å². The molecule has 1 saturated heterocycles. The van der Waals surface area contributed by atoms with E-state index >= 15 is 0 Å². The fourth-order valence-electron chi connectivity index (χ4n) is 2.52. The molecule has 0 spiro atoms. The minimum Gasteiger partial charge on any atom is -0.497 e. The summed E-state index contributed by atoms with van der Waals surface area (Å²) >= 11 is 1.21. The van der Waals surface area contributed by atoms with Crippen molar-refractivity contribution in [2.75, 3.05) is 14.2 Å². The Kier molecular flexibility index (Phi) is 6.63.